The van der Waals surface area contributed by atoms with Crippen LogP contribution in [0.25, 0.3) is 0 Å². The van der Waals surface area contributed by atoms with Crippen molar-refractivity contribution in [2.24, 2.45) is 5.92 Å². The molecule has 4 heterocycles. The predicted octanol–water partition coefficient (Wildman–Crippen LogP) is 2.30. The molecule has 8 heteroatoms. The van der Waals surface area contributed by atoms with Crippen LogP contribution in [0.5, 0.6) is 0 Å². The van der Waals surface area contributed by atoms with Gasteiger partial charge in [0, 0.05) is 37.4 Å². The van der Waals surface area contributed by atoms with Crippen LogP contribution in [-0.2, 0) is 16.6 Å². The van der Waals surface area contributed by atoms with Gasteiger partial charge in [-0.15, -0.1) is 11.3 Å². The summed E-state index contributed by atoms with van der Waals surface area (Å²) in [6, 6.07) is 7.06. The Morgan fingerprint density at radius 3 is 2.96 bits per heavy atom. The average molecular weight is 370 g/mol. The number of nitrogens with one attached hydrogen (secondary N) is 1. The van der Waals surface area contributed by atoms with Crippen molar-refractivity contribution in [3.63, 3.8) is 0 Å². The van der Waals surface area contributed by atoms with Crippen LogP contribution in [-0.4, -0.2) is 37.3 Å². The molecule has 23 heavy (non-hydrogen) atoms. The van der Waals surface area contributed by atoms with Gasteiger partial charge in [0.05, 0.1) is 4.34 Å². The van der Waals surface area contributed by atoms with Gasteiger partial charge in [0.25, 0.3) is 10.0 Å². The van der Waals surface area contributed by atoms with Crippen LogP contribution in [0, 0.1) is 5.92 Å². The van der Waals surface area contributed by atoms with Crippen molar-refractivity contribution >= 4 is 33.0 Å². The minimum Gasteiger partial charge on any atom is -0.316 e. The van der Waals surface area contributed by atoms with Crippen LogP contribution < -0.4 is 5.32 Å². The van der Waals surface area contributed by atoms with Gasteiger partial charge in [-0.1, -0.05) is 17.7 Å². The molecule has 1 fully saturated rings. The van der Waals surface area contributed by atoms with Gasteiger partial charge in [0.15, 0.2) is 0 Å². The molecule has 122 valence electrons. The summed E-state index contributed by atoms with van der Waals surface area (Å²) in [6.45, 7) is 2.55. The number of fused-ring (bicyclic) bond motifs is 3. The topological polar surface area (TPSA) is 62.3 Å². The second-order valence-corrected chi connectivity index (χ2v) is 9.81. The lowest BCUT2D eigenvalue weighted by Crippen LogP contribution is -2.34. The molecular formula is C15H16ClN3O2S2. The van der Waals surface area contributed by atoms with E-state index in [2.05, 4.69) is 10.3 Å². The quantitative estimate of drug-likeness (QED) is 0.882. The zero-order valence-corrected chi connectivity index (χ0v) is 14.7. The molecule has 2 atom stereocenters. The highest BCUT2D eigenvalue weighted by molar-refractivity contribution is 7.91. The molecule has 0 unspecified atom stereocenters. The molecule has 0 aliphatic carbocycles. The number of sulfonamides is 1. The van der Waals surface area contributed by atoms with Gasteiger partial charge in [0.2, 0.25) is 0 Å². The normalized spacial score (nSPS) is 24.9. The third-order valence-electron chi connectivity index (χ3n) is 4.54. The molecule has 2 aliphatic rings. The van der Waals surface area contributed by atoms with Gasteiger partial charge in [-0.2, -0.15) is 4.31 Å². The van der Waals surface area contributed by atoms with Crippen LogP contribution in [0.15, 0.2) is 34.7 Å². The minimum atomic E-state index is -3.53. The van der Waals surface area contributed by atoms with Gasteiger partial charge >= 0.3 is 0 Å². The molecule has 4 rings (SSSR count). The summed E-state index contributed by atoms with van der Waals surface area (Å²) in [5.41, 5.74) is 2.03. The van der Waals surface area contributed by atoms with E-state index in [9.17, 15) is 8.42 Å². The zero-order chi connectivity index (χ0) is 16.0. The fourth-order valence-electron chi connectivity index (χ4n) is 3.43. The summed E-state index contributed by atoms with van der Waals surface area (Å²) >= 11 is 7.03. The van der Waals surface area contributed by atoms with Crippen LogP contribution in [0.1, 0.15) is 17.2 Å². The van der Waals surface area contributed by atoms with Crippen molar-refractivity contribution in [3.05, 3.63) is 46.1 Å². The molecule has 0 amide bonds. The Morgan fingerprint density at radius 2 is 2.17 bits per heavy atom. The first kappa shape index (κ1) is 15.5. The first-order valence-electron chi connectivity index (χ1n) is 7.45. The molecule has 5 nitrogen and oxygen atoms in total. The molecule has 0 saturated carbocycles. The largest absolute Gasteiger partial charge is 0.316 e. The summed E-state index contributed by atoms with van der Waals surface area (Å²) in [6.07, 6.45) is 1.79. The SMILES string of the molecule is O=S(=O)(c1ccc(Cl)s1)N1Cc2cccnc2[C@@H]2CNC[C@H]2C1. The molecule has 2 aromatic rings. The lowest BCUT2D eigenvalue weighted by atomic mass is 9.91. The first-order chi connectivity index (χ1) is 11.1. The second-order valence-electron chi connectivity index (χ2n) is 5.93. The Kier molecular flexibility index (Phi) is 3.93. The number of thiophene rings is 1. The fraction of sp³-hybridized carbons (Fsp3) is 0.400. The smallest absolute Gasteiger partial charge is 0.252 e. The molecule has 1 N–H and O–H groups in total. The van der Waals surface area contributed by atoms with Crippen LogP contribution >= 0.6 is 22.9 Å². The first-order valence-corrected chi connectivity index (χ1v) is 10.1. The molecule has 2 aromatic heterocycles. The predicted molar refractivity (Wildman–Crippen MR) is 90.3 cm³/mol. The summed E-state index contributed by atoms with van der Waals surface area (Å²) in [5, 5.41) is 3.37. The molecule has 0 aromatic carbocycles. The van der Waals surface area contributed by atoms with E-state index >= 15 is 0 Å². The van der Waals surface area contributed by atoms with E-state index in [1.54, 1.807) is 22.6 Å². The maximum absolute atomic E-state index is 13.0. The molecule has 0 bridgehead atoms. The summed E-state index contributed by atoms with van der Waals surface area (Å²) in [4.78, 5) is 4.54. The summed E-state index contributed by atoms with van der Waals surface area (Å²) in [5.74, 6) is 0.523. The van der Waals surface area contributed by atoms with E-state index < -0.39 is 10.0 Å². The maximum Gasteiger partial charge on any atom is 0.252 e. The number of pyridine rings is 1. The van der Waals surface area contributed by atoms with Gasteiger partial charge in [-0.05, 0) is 36.2 Å². The Balaban J connectivity index is 1.76. The number of hydrogen-bond donors (Lipinski definition) is 1. The van der Waals surface area contributed by atoms with E-state index in [-0.39, 0.29) is 11.8 Å². The average Bonchev–Trinajstić information content (AvgIpc) is 3.13. The highest BCUT2D eigenvalue weighted by Crippen LogP contribution is 2.36. The molecular weight excluding hydrogens is 354 g/mol. The molecule has 0 radical (unpaired) electrons. The number of hydrogen-bond acceptors (Lipinski definition) is 5. The van der Waals surface area contributed by atoms with Crippen molar-refractivity contribution < 1.29 is 8.42 Å². The van der Waals surface area contributed by atoms with Crippen molar-refractivity contribution in [3.8, 4) is 0 Å². The summed E-state index contributed by atoms with van der Waals surface area (Å²) in [7, 11) is -3.53. The standard InChI is InChI=1S/C15H16ClN3O2S2/c16-13-3-4-14(22-13)23(20,21)19-8-10-2-1-5-18-15(10)12-7-17-6-11(12)9-19/h1-5,11-12,17H,6-9H2/t11-,12+/m0/s1. The van der Waals surface area contributed by atoms with E-state index in [4.69, 9.17) is 11.6 Å². The van der Waals surface area contributed by atoms with Gasteiger partial charge < -0.3 is 5.32 Å². The van der Waals surface area contributed by atoms with E-state index in [1.807, 2.05) is 12.1 Å². The van der Waals surface area contributed by atoms with Gasteiger partial charge in [0.1, 0.15) is 4.21 Å². The van der Waals surface area contributed by atoms with E-state index in [0.29, 0.717) is 21.6 Å². The van der Waals surface area contributed by atoms with Crippen molar-refractivity contribution in [2.45, 2.75) is 16.7 Å². The Hall–Kier alpha value is -0.990. The monoisotopic (exact) mass is 369 g/mol. The van der Waals surface area contributed by atoms with Gasteiger partial charge in [-0.3, -0.25) is 4.98 Å². The highest BCUT2D eigenvalue weighted by Gasteiger charge is 2.39. The zero-order valence-electron chi connectivity index (χ0n) is 12.3. The fourth-order valence-corrected chi connectivity index (χ4v) is 6.54. The summed E-state index contributed by atoms with van der Waals surface area (Å²) < 4.78 is 28.3. The number of aromatic nitrogens is 1. The van der Waals surface area contributed by atoms with Crippen molar-refractivity contribution in [1.82, 2.24) is 14.6 Å². The second kappa shape index (κ2) is 5.82. The maximum atomic E-state index is 13.0. The van der Waals surface area contributed by atoms with Crippen LogP contribution in [0.2, 0.25) is 4.34 Å². The van der Waals surface area contributed by atoms with E-state index in [1.165, 1.54) is 0 Å². The highest BCUT2D eigenvalue weighted by atomic mass is 35.5. The van der Waals surface area contributed by atoms with E-state index in [0.717, 1.165) is 35.7 Å². The van der Waals surface area contributed by atoms with Crippen molar-refractivity contribution in [2.75, 3.05) is 19.6 Å². The van der Waals surface area contributed by atoms with Gasteiger partial charge in [-0.25, -0.2) is 8.42 Å². The van der Waals surface area contributed by atoms with Crippen LogP contribution in [0.3, 0.4) is 0 Å². The molecule has 1 saturated heterocycles. The van der Waals surface area contributed by atoms with Crippen molar-refractivity contribution in [1.29, 1.82) is 0 Å². The molecule has 0 spiro atoms. The number of rotatable bonds is 2. The Morgan fingerprint density at radius 1 is 1.30 bits per heavy atom. The molecule has 2 aliphatic heterocycles. The Labute approximate surface area is 144 Å². The minimum absolute atomic E-state index is 0.247. The lowest BCUT2D eigenvalue weighted by molar-refractivity contribution is 0.350. The Bertz CT molecular complexity index is 837. The number of halogens is 1. The lowest BCUT2D eigenvalue weighted by Gasteiger charge is -2.22. The van der Waals surface area contributed by atoms with Crippen LogP contribution in [0.4, 0.5) is 0 Å². The third kappa shape index (κ3) is 2.70. The number of nitrogens with zero attached hydrogens (tertiary/aromatic N) is 2. The third-order valence-corrected chi connectivity index (χ3v) is 8.05.